The number of hydrogen-bond acceptors (Lipinski definition) is 2. The molecular weight excluding hydrogens is 184 g/mol. The minimum atomic E-state index is 0.344. The van der Waals surface area contributed by atoms with Crippen LogP contribution >= 0.6 is 0 Å². The summed E-state index contributed by atoms with van der Waals surface area (Å²) >= 11 is 0. The Kier molecular flexibility index (Phi) is 4.30. The van der Waals surface area contributed by atoms with Crippen molar-refractivity contribution in [1.29, 1.82) is 0 Å². The van der Waals surface area contributed by atoms with Crippen LogP contribution in [-0.4, -0.2) is 6.54 Å². The Morgan fingerprint density at radius 2 is 1.60 bits per heavy atom. The molecule has 0 bridgehead atoms. The third-order valence-corrected chi connectivity index (χ3v) is 2.24. The third kappa shape index (κ3) is 4.96. The van der Waals surface area contributed by atoms with E-state index in [1.165, 1.54) is 11.1 Å². The van der Waals surface area contributed by atoms with Crippen LogP contribution in [-0.2, 0) is 13.1 Å². The molecule has 0 fully saturated rings. The van der Waals surface area contributed by atoms with Gasteiger partial charge in [0.15, 0.2) is 0 Å². The van der Waals surface area contributed by atoms with E-state index in [9.17, 15) is 0 Å². The van der Waals surface area contributed by atoms with Crippen LogP contribution < -0.4 is 11.1 Å². The molecule has 0 amide bonds. The summed E-state index contributed by atoms with van der Waals surface area (Å²) in [4.78, 5) is 0. The summed E-state index contributed by atoms with van der Waals surface area (Å²) in [6.45, 7) is 9.29. The topological polar surface area (TPSA) is 38.0 Å². The quantitative estimate of drug-likeness (QED) is 0.793. The Labute approximate surface area is 92.9 Å². The summed E-state index contributed by atoms with van der Waals surface area (Å²) in [5.41, 5.74) is 8.39. The van der Waals surface area contributed by atoms with Crippen molar-refractivity contribution in [1.82, 2.24) is 5.32 Å². The molecule has 0 aliphatic heterocycles. The molecule has 1 aromatic carbocycles. The smallest absolute Gasteiger partial charge is 0.0205 e. The van der Waals surface area contributed by atoms with Gasteiger partial charge in [-0.1, -0.05) is 45.0 Å². The van der Waals surface area contributed by atoms with Gasteiger partial charge in [0, 0.05) is 19.6 Å². The fourth-order valence-electron chi connectivity index (χ4n) is 1.38. The van der Waals surface area contributed by atoms with E-state index in [1.807, 2.05) is 0 Å². The average Bonchev–Trinajstić information content (AvgIpc) is 2.17. The summed E-state index contributed by atoms with van der Waals surface area (Å²) in [5, 5.41) is 3.45. The minimum absolute atomic E-state index is 0.344. The standard InChI is InChI=1S/C13H22N2/c1-13(2,3)10-15-9-12-6-4-11(8-14)5-7-12/h4-7,15H,8-10,14H2,1-3H3. The van der Waals surface area contributed by atoms with Crippen molar-refractivity contribution < 1.29 is 0 Å². The predicted octanol–water partition coefficient (Wildman–Crippen LogP) is 2.28. The summed E-state index contributed by atoms with van der Waals surface area (Å²) in [6.07, 6.45) is 0. The Bertz CT molecular complexity index is 282. The van der Waals surface area contributed by atoms with E-state index in [4.69, 9.17) is 5.73 Å². The second-order valence-electron chi connectivity index (χ2n) is 5.18. The molecule has 1 aromatic rings. The zero-order valence-electron chi connectivity index (χ0n) is 10.0. The van der Waals surface area contributed by atoms with Gasteiger partial charge in [-0.05, 0) is 16.5 Å². The van der Waals surface area contributed by atoms with E-state index in [2.05, 4.69) is 50.4 Å². The number of nitrogens with one attached hydrogen (secondary N) is 1. The lowest BCUT2D eigenvalue weighted by Crippen LogP contribution is -2.26. The molecule has 0 saturated heterocycles. The van der Waals surface area contributed by atoms with Crippen molar-refractivity contribution >= 4 is 0 Å². The maximum atomic E-state index is 5.54. The van der Waals surface area contributed by atoms with Gasteiger partial charge in [0.25, 0.3) is 0 Å². The molecule has 0 aliphatic carbocycles. The highest BCUT2D eigenvalue weighted by atomic mass is 14.9. The number of nitrogens with two attached hydrogens (primary N) is 1. The fourth-order valence-corrected chi connectivity index (χ4v) is 1.38. The first kappa shape index (κ1) is 12.2. The van der Waals surface area contributed by atoms with Gasteiger partial charge in [0.1, 0.15) is 0 Å². The molecule has 84 valence electrons. The molecule has 3 N–H and O–H groups in total. The molecule has 0 aliphatic rings. The van der Waals surface area contributed by atoms with Gasteiger partial charge in [-0.25, -0.2) is 0 Å². The summed E-state index contributed by atoms with van der Waals surface area (Å²) < 4.78 is 0. The van der Waals surface area contributed by atoms with Crippen LogP contribution in [0.25, 0.3) is 0 Å². The van der Waals surface area contributed by atoms with Crippen molar-refractivity contribution in [2.75, 3.05) is 6.54 Å². The summed E-state index contributed by atoms with van der Waals surface area (Å²) in [5.74, 6) is 0. The molecule has 0 atom stereocenters. The van der Waals surface area contributed by atoms with Crippen molar-refractivity contribution in [2.45, 2.75) is 33.9 Å². The minimum Gasteiger partial charge on any atom is -0.326 e. The van der Waals surface area contributed by atoms with Crippen LogP contribution in [0.2, 0.25) is 0 Å². The van der Waals surface area contributed by atoms with Gasteiger partial charge >= 0.3 is 0 Å². The lowest BCUT2D eigenvalue weighted by molar-refractivity contribution is 0.379. The first-order valence-electron chi connectivity index (χ1n) is 5.50. The fraction of sp³-hybridized carbons (Fsp3) is 0.538. The van der Waals surface area contributed by atoms with Gasteiger partial charge in [0.05, 0.1) is 0 Å². The molecule has 2 heteroatoms. The van der Waals surface area contributed by atoms with E-state index in [0.717, 1.165) is 13.1 Å². The van der Waals surface area contributed by atoms with Crippen LogP contribution in [0.15, 0.2) is 24.3 Å². The number of benzene rings is 1. The Hall–Kier alpha value is -0.860. The van der Waals surface area contributed by atoms with Crippen molar-refractivity contribution in [2.24, 2.45) is 11.1 Å². The van der Waals surface area contributed by atoms with Gasteiger partial charge in [-0.3, -0.25) is 0 Å². The molecular formula is C13H22N2. The first-order chi connectivity index (χ1) is 7.01. The zero-order valence-corrected chi connectivity index (χ0v) is 10.0. The second kappa shape index (κ2) is 5.29. The van der Waals surface area contributed by atoms with E-state index < -0.39 is 0 Å². The highest BCUT2D eigenvalue weighted by molar-refractivity contribution is 5.22. The zero-order chi connectivity index (χ0) is 11.3. The number of rotatable bonds is 4. The largest absolute Gasteiger partial charge is 0.326 e. The predicted molar refractivity (Wildman–Crippen MR) is 65.5 cm³/mol. The molecule has 1 rings (SSSR count). The molecule has 2 nitrogen and oxygen atoms in total. The molecule has 0 radical (unpaired) electrons. The number of hydrogen-bond donors (Lipinski definition) is 2. The molecule has 15 heavy (non-hydrogen) atoms. The van der Waals surface area contributed by atoms with Gasteiger partial charge in [-0.2, -0.15) is 0 Å². The lowest BCUT2D eigenvalue weighted by atomic mass is 9.97. The van der Waals surface area contributed by atoms with Crippen molar-refractivity contribution in [3.63, 3.8) is 0 Å². The van der Waals surface area contributed by atoms with Crippen LogP contribution in [0.3, 0.4) is 0 Å². The maximum Gasteiger partial charge on any atom is 0.0205 e. The first-order valence-corrected chi connectivity index (χ1v) is 5.50. The molecule has 0 unspecified atom stereocenters. The van der Waals surface area contributed by atoms with Gasteiger partial charge in [-0.15, -0.1) is 0 Å². The summed E-state index contributed by atoms with van der Waals surface area (Å²) in [7, 11) is 0. The van der Waals surface area contributed by atoms with E-state index in [1.54, 1.807) is 0 Å². The molecule has 0 saturated carbocycles. The molecule has 0 heterocycles. The third-order valence-electron chi connectivity index (χ3n) is 2.24. The maximum absolute atomic E-state index is 5.54. The lowest BCUT2D eigenvalue weighted by Gasteiger charge is -2.18. The monoisotopic (exact) mass is 206 g/mol. The van der Waals surface area contributed by atoms with Crippen LogP contribution in [0.1, 0.15) is 31.9 Å². The Balaban J connectivity index is 2.38. The Morgan fingerprint density at radius 1 is 1.07 bits per heavy atom. The van der Waals surface area contributed by atoms with Crippen LogP contribution in [0, 0.1) is 5.41 Å². The van der Waals surface area contributed by atoms with E-state index >= 15 is 0 Å². The van der Waals surface area contributed by atoms with Crippen LogP contribution in [0.5, 0.6) is 0 Å². The van der Waals surface area contributed by atoms with Crippen LogP contribution in [0.4, 0.5) is 0 Å². The normalized spacial score (nSPS) is 11.7. The SMILES string of the molecule is CC(C)(C)CNCc1ccc(CN)cc1. The van der Waals surface area contributed by atoms with Crippen molar-refractivity contribution in [3.05, 3.63) is 35.4 Å². The van der Waals surface area contributed by atoms with Gasteiger partial charge < -0.3 is 11.1 Å². The van der Waals surface area contributed by atoms with E-state index in [0.29, 0.717) is 12.0 Å². The highest BCUT2D eigenvalue weighted by Crippen LogP contribution is 2.11. The van der Waals surface area contributed by atoms with Crippen molar-refractivity contribution in [3.8, 4) is 0 Å². The average molecular weight is 206 g/mol. The van der Waals surface area contributed by atoms with Gasteiger partial charge in [0.2, 0.25) is 0 Å². The Morgan fingerprint density at radius 3 is 2.07 bits per heavy atom. The van der Waals surface area contributed by atoms with E-state index in [-0.39, 0.29) is 0 Å². The highest BCUT2D eigenvalue weighted by Gasteiger charge is 2.08. The summed E-state index contributed by atoms with van der Waals surface area (Å²) in [6, 6.07) is 8.46. The second-order valence-corrected chi connectivity index (χ2v) is 5.18. The molecule has 0 spiro atoms. The molecule has 0 aromatic heterocycles.